The maximum Gasteiger partial charge on any atom is 0.259 e. The van der Waals surface area contributed by atoms with Crippen LogP contribution in [0.15, 0.2) is 195 Å². The van der Waals surface area contributed by atoms with Crippen molar-refractivity contribution in [3.05, 3.63) is 234 Å². The summed E-state index contributed by atoms with van der Waals surface area (Å²) >= 11 is 0. The number of hydrogen-bond donors (Lipinski definition) is 1. The van der Waals surface area contributed by atoms with Gasteiger partial charge < -0.3 is 47.5 Å². The molecule has 16 nitrogen and oxygen atoms in total. The van der Waals surface area contributed by atoms with Crippen LogP contribution in [0.3, 0.4) is 0 Å². The van der Waals surface area contributed by atoms with Gasteiger partial charge >= 0.3 is 0 Å². The summed E-state index contributed by atoms with van der Waals surface area (Å²) < 4.78 is 62.3. The van der Waals surface area contributed by atoms with Gasteiger partial charge in [0.05, 0.1) is 73.2 Å². The molecule has 0 amide bonds. The Bertz CT molecular complexity index is 3500. The third kappa shape index (κ3) is 13.0. The van der Waals surface area contributed by atoms with Crippen molar-refractivity contribution in [3.8, 4) is 29.1 Å². The lowest BCUT2D eigenvalue weighted by Crippen LogP contribution is -2.39. The van der Waals surface area contributed by atoms with Crippen molar-refractivity contribution in [1.29, 1.82) is 5.26 Å². The fourth-order valence-corrected chi connectivity index (χ4v) is 12.9. The number of fused-ring (bicyclic) bond motifs is 1. The van der Waals surface area contributed by atoms with E-state index in [9.17, 15) is 5.26 Å². The van der Waals surface area contributed by atoms with Crippen molar-refractivity contribution in [2.24, 2.45) is 0 Å². The molecule has 1 fully saturated rings. The van der Waals surface area contributed by atoms with Gasteiger partial charge in [-0.3, -0.25) is 4.57 Å². The van der Waals surface area contributed by atoms with E-state index in [2.05, 4.69) is 74.1 Å². The van der Waals surface area contributed by atoms with Crippen LogP contribution in [0.2, 0.25) is 0 Å². The quantitative estimate of drug-likeness (QED) is 0.0293. The highest BCUT2D eigenvalue weighted by Gasteiger charge is 2.46. The van der Waals surface area contributed by atoms with Gasteiger partial charge in [0.25, 0.3) is 8.53 Å². The van der Waals surface area contributed by atoms with E-state index in [1.807, 2.05) is 156 Å². The molecule has 1 saturated heterocycles. The van der Waals surface area contributed by atoms with Crippen LogP contribution in [0.1, 0.15) is 85.7 Å². The normalized spacial score (nSPS) is 15.7. The summed E-state index contributed by atoms with van der Waals surface area (Å²) in [6, 6.07) is 62.8. The van der Waals surface area contributed by atoms with E-state index in [1.54, 1.807) is 34.8 Å². The van der Waals surface area contributed by atoms with E-state index in [0.29, 0.717) is 34.9 Å². The Morgan fingerprint density at radius 3 is 1.60 bits per heavy atom. The van der Waals surface area contributed by atoms with Crippen molar-refractivity contribution in [2.45, 2.75) is 88.9 Å². The smallest absolute Gasteiger partial charge is 0.259 e. The number of imidazole rings is 1. The van der Waals surface area contributed by atoms with E-state index < -0.39 is 38.2 Å². The van der Waals surface area contributed by atoms with E-state index >= 15 is 0 Å². The van der Waals surface area contributed by atoms with Crippen LogP contribution >= 0.6 is 8.53 Å². The molecule has 17 heteroatoms. The van der Waals surface area contributed by atoms with Crippen LogP contribution in [0, 0.1) is 11.3 Å². The highest BCUT2D eigenvalue weighted by atomic mass is 31.2. The number of nitrogens with zero attached hydrogens (tertiary/aromatic N) is 6. The summed E-state index contributed by atoms with van der Waals surface area (Å²) in [6.07, 6.45) is 2.06. The van der Waals surface area contributed by atoms with Crippen LogP contribution in [0.5, 0.6) is 23.0 Å². The van der Waals surface area contributed by atoms with Crippen molar-refractivity contribution < 1.29 is 42.2 Å². The van der Waals surface area contributed by atoms with E-state index in [0.717, 1.165) is 56.1 Å². The van der Waals surface area contributed by atoms with E-state index in [1.165, 1.54) is 6.33 Å². The second-order valence-electron chi connectivity index (χ2n) is 21.0. The largest absolute Gasteiger partial charge is 0.497 e. The van der Waals surface area contributed by atoms with Gasteiger partial charge in [0.1, 0.15) is 52.9 Å². The Morgan fingerprint density at radius 2 is 1.12 bits per heavy atom. The number of hydrogen-bond acceptors (Lipinski definition) is 15. The molecule has 9 aromatic rings. The van der Waals surface area contributed by atoms with Gasteiger partial charge in [-0.1, -0.05) is 121 Å². The number of benzene rings is 7. The van der Waals surface area contributed by atoms with Gasteiger partial charge in [0.2, 0.25) is 0 Å². The predicted molar refractivity (Wildman–Crippen MR) is 329 cm³/mol. The van der Waals surface area contributed by atoms with Crippen molar-refractivity contribution in [1.82, 2.24) is 24.2 Å². The molecule has 1 aliphatic heterocycles. The molecule has 85 heavy (non-hydrogen) atoms. The summed E-state index contributed by atoms with van der Waals surface area (Å²) in [6.45, 7) is 9.02. The topological polar surface area (TPSA) is 166 Å². The second-order valence-corrected chi connectivity index (χ2v) is 22.4. The number of rotatable bonds is 27. The minimum absolute atomic E-state index is 0.0619. The molecule has 1 N–H and O–H groups in total. The Kier molecular flexibility index (Phi) is 19.5. The van der Waals surface area contributed by atoms with E-state index in [4.69, 9.17) is 57.2 Å². The lowest BCUT2D eigenvalue weighted by Gasteiger charge is -2.39. The number of aromatic nitrogens is 4. The Hall–Kier alpha value is -8.23. The minimum Gasteiger partial charge on any atom is -0.497 e. The predicted octanol–water partition coefficient (Wildman–Crippen LogP) is 14.1. The maximum atomic E-state index is 9.61. The van der Waals surface area contributed by atoms with Crippen molar-refractivity contribution >= 4 is 31.2 Å². The molecule has 1 unspecified atom stereocenters. The second kappa shape index (κ2) is 27.7. The first-order valence-corrected chi connectivity index (χ1v) is 29.6. The van der Waals surface area contributed by atoms with Crippen molar-refractivity contribution in [2.75, 3.05) is 47.0 Å². The number of nitrogens with one attached hydrogen (secondary N) is 1. The SMILES string of the molecule is COc1ccc(C(OCc2cccc(Nc3ncnc4c3ncn4[C@H]3C[C@H](OP(OCCC#N)N(C(C)C)C(C)C)[C@@H](COC(c4ccccc4)(c4ccc(OC)cc4)c4ccc(OC)cc4)O3)c2)(c2ccccc2)c2ccc(OC)cc2)cc1. The van der Waals surface area contributed by atoms with Crippen LogP contribution in [-0.4, -0.2) is 90.1 Å². The van der Waals surface area contributed by atoms with Gasteiger partial charge in [-0.05, 0) is 127 Å². The van der Waals surface area contributed by atoms with Gasteiger partial charge in [-0.2, -0.15) is 5.26 Å². The van der Waals surface area contributed by atoms with E-state index in [-0.39, 0.29) is 38.3 Å². The first-order valence-electron chi connectivity index (χ1n) is 28.4. The number of anilines is 2. The van der Waals surface area contributed by atoms with Crippen molar-refractivity contribution in [3.63, 3.8) is 0 Å². The van der Waals surface area contributed by atoms with Crippen LogP contribution in [0.4, 0.5) is 11.5 Å². The Labute approximate surface area is 499 Å². The molecular formula is C68H72N7O9P. The molecule has 0 radical (unpaired) electrons. The summed E-state index contributed by atoms with van der Waals surface area (Å²) in [4.78, 5) is 14.5. The molecular weight excluding hydrogens is 1090 g/mol. The molecule has 438 valence electrons. The fraction of sp³-hybridized carbons (Fsp3) is 0.294. The third-order valence-electron chi connectivity index (χ3n) is 15.2. The van der Waals surface area contributed by atoms with Gasteiger partial charge in [-0.25, -0.2) is 19.6 Å². The third-order valence-corrected chi connectivity index (χ3v) is 17.3. The van der Waals surface area contributed by atoms with Crippen LogP contribution in [-0.2, 0) is 41.1 Å². The Morgan fingerprint density at radius 1 is 0.624 bits per heavy atom. The summed E-state index contributed by atoms with van der Waals surface area (Å²) in [5.74, 6) is 3.42. The highest BCUT2D eigenvalue weighted by Crippen LogP contribution is 2.51. The standard InChI is InChI=1S/C68H72N7O9P/c1-47(2)75(48(3)4)85(82-40-16-39-69)84-61-42-63(83-62(61)44-81-68(51-20-13-10-14-21-51,54-27-35-59(78-7)36-28-54)55-29-37-60(79-8)38-30-55)74-46-72-64-65(70-45-71-66(64)74)73-56-22-15-17-49(41-56)43-80-67(50-18-11-9-12-19-50,52-23-31-57(76-5)32-24-52)53-25-33-58(77-6)34-26-53/h9-15,17-38,41,45-48,61-63H,16,40,42-44H2,1-8H3,(H,70,71,73)/t61-,62+,63+,85?/m0/s1. The number of methoxy groups -OCH3 is 4. The fourth-order valence-electron chi connectivity index (χ4n) is 11.1. The van der Waals surface area contributed by atoms with Gasteiger partial charge in [0, 0.05) is 24.2 Å². The Balaban J connectivity index is 0.973. The van der Waals surface area contributed by atoms with Gasteiger partial charge in [0.15, 0.2) is 17.0 Å². The molecule has 0 spiro atoms. The summed E-state index contributed by atoms with van der Waals surface area (Å²) in [7, 11) is 4.94. The zero-order valence-corrected chi connectivity index (χ0v) is 50.1. The highest BCUT2D eigenvalue weighted by molar-refractivity contribution is 7.44. The first kappa shape index (κ1) is 59.9. The van der Waals surface area contributed by atoms with Crippen LogP contribution < -0.4 is 24.3 Å². The number of nitriles is 1. The molecule has 0 bridgehead atoms. The van der Waals surface area contributed by atoms with Gasteiger partial charge in [-0.15, -0.1) is 0 Å². The lowest BCUT2D eigenvalue weighted by atomic mass is 9.80. The molecule has 4 atom stereocenters. The molecule has 7 aromatic carbocycles. The average Bonchev–Trinajstić information content (AvgIpc) is 2.12. The van der Waals surface area contributed by atoms with Crippen LogP contribution in [0.25, 0.3) is 11.2 Å². The number of ether oxygens (including phenoxy) is 7. The monoisotopic (exact) mass is 1160 g/mol. The molecule has 0 aliphatic carbocycles. The lowest BCUT2D eigenvalue weighted by molar-refractivity contribution is -0.0912. The molecule has 0 saturated carbocycles. The average molecular weight is 1160 g/mol. The maximum absolute atomic E-state index is 9.61. The summed E-state index contributed by atoms with van der Waals surface area (Å²) in [5, 5.41) is 13.2. The summed E-state index contributed by atoms with van der Waals surface area (Å²) in [5.41, 5.74) is 6.12. The molecule has 2 aromatic heterocycles. The minimum atomic E-state index is -1.69. The molecule has 3 heterocycles. The molecule has 10 rings (SSSR count). The first-order chi connectivity index (χ1) is 41.5. The zero-order valence-electron chi connectivity index (χ0n) is 49.2. The zero-order chi connectivity index (χ0) is 59.3. The molecule has 1 aliphatic rings.